The van der Waals surface area contributed by atoms with Gasteiger partial charge >= 0.3 is 0 Å². The van der Waals surface area contributed by atoms with Crippen molar-refractivity contribution in [2.24, 2.45) is 4.99 Å². The van der Waals surface area contributed by atoms with Gasteiger partial charge in [0.2, 0.25) is 0 Å². The number of rotatable bonds is 0. The zero-order chi connectivity index (χ0) is 9.26. The first-order valence-electron chi connectivity index (χ1n) is 5.05. The van der Waals surface area contributed by atoms with E-state index >= 15 is 0 Å². The number of amidine groups is 1. The molecular formula is C10H17N3. The lowest BCUT2D eigenvalue weighted by atomic mass is 10.0. The van der Waals surface area contributed by atoms with Gasteiger partial charge in [0.1, 0.15) is 5.84 Å². The lowest BCUT2D eigenvalue weighted by molar-refractivity contribution is 0.264. The van der Waals surface area contributed by atoms with Gasteiger partial charge in [-0.1, -0.05) is 6.08 Å². The van der Waals surface area contributed by atoms with Gasteiger partial charge in [0.05, 0.1) is 6.04 Å². The van der Waals surface area contributed by atoms with E-state index < -0.39 is 0 Å². The molecule has 0 aromatic rings. The molecule has 2 aliphatic rings. The van der Waals surface area contributed by atoms with Crippen LogP contribution < -0.4 is 5.43 Å². The van der Waals surface area contributed by atoms with Crippen molar-refractivity contribution < 1.29 is 0 Å². The van der Waals surface area contributed by atoms with Crippen LogP contribution in [0.3, 0.4) is 0 Å². The van der Waals surface area contributed by atoms with Crippen molar-refractivity contribution in [3.63, 3.8) is 0 Å². The molecule has 1 atom stereocenters. The Morgan fingerprint density at radius 3 is 3.23 bits per heavy atom. The molecule has 2 heterocycles. The molecule has 1 saturated heterocycles. The molecule has 1 fully saturated rings. The fraction of sp³-hybridized carbons (Fsp3) is 0.700. The Labute approximate surface area is 79.5 Å². The number of hydrogen-bond acceptors (Lipinski definition) is 3. The molecule has 0 aromatic heterocycles. The minimum absolute atomic E-state index is 0.416. The highest BCUT2D eigenvalue weighted by Gasteiger charge is 2.24. The summed E-state index contributed by atoms with van der Waals surface area (Å²) in [5.74, 6) is 1.17. The van der Waals surface area contributed by atoms with Gasteiger partial charge in [-0.25, -0.2) is 5.43 Å². The van der Waals surface area contributed by atoms with Gasteiger partial charge in [-0.3, -0.25) is 10.0 Å². The average molecular weight is 179 g/mol. The van der Waals surface area contributed by atoms with Gasteiger partial charge in [0, 0.05) is 13.1 Å². The molecule has 13 heavy (non-hydrogen) atoms. The molecule has 0 spiro atoms. The lowest BCUT2D eigenvalue weighted by Crippen LogP contribution is -2.52. The van der Waals surface area contributed by atoms with Crippen LogP contribution in [0.4, 0.5) is 0 Å². The first-order chi connectivity index (χ1) is 6.31. The Hall–Kier alpha value is -0.830. The van der Waals surface area contributed by atoms with Gasteiger partial charge in [0.15, 0.2) is 0 Å². The summed E-state index contributed by atoms with van der Waals surface area (Å²) in [4.78, 5) is 4.67. The summed E-state index contributed by atoms with van der Waals surface area (Å²) < 4.78 is 0. The molecule has 3 nitrogen and oxygen atoms in total. The molecule has 1 unspecified atom stereocenters. The third-order valence-electron chi connectivity index (χ3n) is 2.64. The van der Waals surface area contributed by atoms with E-state index in [1.165, 1.54) is 24.3 Å². The summed E-state index contributed by atoms with van der Waals surface area (Å²) in [6, 6.07) is 0.416. The summed E-state index contributed by atoms with van der Waals surface area (Å²) in [7, 11) is 0. The topological polar surface area (TPSA) is 27.6 Å². The summed E-state index contributed by atoms with van der Waals surface area (Å²) in [6.07, 6.45) is 4.60. The van der Waals surface area contributed by atoms with Crippen molar-refractivity contribution in [3.8, 4) is 0 Å². The number of nitrogens with zero attached hydrogens (tertiary/aromatic N) is 2. The Morgan fingerprint density at radius 2 is 2.46 bits per heavy atom. The van der Waals surface area contributed by atoms with Crippen LogP contribution in [-0.2, 0) is 0 Å². The van der Waals surface area contributed by atoms with E-state index in [4.69, 9.17) is 0 Å². The quantitative estimate of drug-likeness (QED) is 0.607. The van der Waals surface area contributed by atoms with Crippen LogP contribution in [0.2, 0.25) is 0 Å². The second kappa shape index (κ2) is 3.50. The molecule has 2 rings (SSSR count). The maximum atomic E-state index is 4.67. The first-order valence-corrected chi connectivity index (χ1v) is 5.05. The Kier molecular flexibility index (Phi) is 2.36. The van der Waals surface area contributed by atoms with Gasteiger partial charge < -0.3 is 0 Å². The van der Waals surface area contributed by atoms with Crippen molar-refractivity contribution >= 4 is 5.84 Å². The molecule has 0 amide bonds. The minimum atomic E-state index is 0.416. The van der Waals surface area contributed by atoms with Crippen molar-refractivity contribution in [1.29, 1.82) is 0 Å². The van der Waals surface area contributed by atoms with E-state index in [0.717, 1.165) is 13.1 Å². The molecule has 0 aromatic carbocycles. The third-order valence-corrected chi connectivity index (χ3v) is 2.64. The number of hydrazine groups is 1. The lowest BCUT2D eigenvalue weighted by Gasteiger charge is -2.36. The predicted octanol–water partition coefficient (Wildman–Crippen LogP) is 1.33. The van der Waals surface area contributed by atoms with Crippen molar-refractivity contribution in [2.45, 2.75) is 32.7 Å². The fourth-order valence-corrected chi connectivity index (χ4v) is 1.90. The van der Waals surface area contributed by atoms with Crippen LogP contribution in [0.1, 0.15) is 26.7 Å². The maximum absolute atomic E-state index is 4.67. The van der Waals surface area contributed by atoms with E-state index in [0.29, 0.717) is 6.04 Å². The second-order valence-electron chi connectivity index (χ2n) is 3.73. The van der Waals surface area contributed by atoms with Crippen LogP contribution in [0.15, 0.2) is 16.6 Å². The van der Waals surface area contributed by atoms with Crippen molar-refractivity contribution in [3.05, 3.63) is 11.6 Å². The molecule has 0 aliphatic carbocycles. The number of piperidine rings is 1. The van der Waals surface area contributed by atoms with E-state index in [2.05, 4.69) is 35.4 Å². The van der Waals surface area contributed by atoms with E-state index in [1.54, 1.807) is 0 Å². The van der Waals surface area contributed by atoms with E-state index in [9.17, 15) is 0 Å². The normalized spacial score (nSPS) is 31.5. The molecule has 0 bridgehead atoms. The zero-order valence-corrected chi connectivity index (χ0v) is 8.38. The largest absolute Gasteiger partial charge is 0.292 e. The third kappa shape index (κ3) is 1.61. The second-order valence-corrected chi connectivity index (χ2v) is 3.73. The maximum Gasteiger partial charge on any atom is 0.141 e. The number of fused-ring (bicyclic) bond motifs is 1. The van der Waals surface area contributed by atoms with Gasteiger partial charge in [-0.2, -0.15) is 0 Å². The first kappa shape index (κ1) is 8.75. The summed E-state index contributed by atoms with van der Waals surface area (Å²) >= 11 is 0. The Balaban J connectivity index is 2.26. The van der Waals surface area contributed by atoms with Gasteiger partial charge in [0.25, 0.3) is 0 Å². The number of allylic oxidation sites excluding steroid dienone is 1. The molecule has 2 aliphatic heterocycles. The van der Waals surface area contributed by atoms with E-state index in [-0.39, 0.29) is 0 Å². The van der Waals surface area contributed by atoms with Crippen LogP contribution in [0.25, 0.3) is 0 Å². The van der Waals surface area contributed by atoms with Gasteiger partial charge in [-0.15, -0.1) is 0 Å². The predicted molar refractivity (Wildman–Crippen MR) is 54.6 cm³/mol. The van der Waals surface area contributed by atoms with Crippen LogP contribution >= 0.6 is 0 Å². The molecule has 0 saturated carbocycles. The smallest absolute Gasteiger partial charge is 0.141 e. The van der Waals surface area contributed by atoms with E-state index in [1.807, 2.05) is 0 Å². The highest BCUT2D eigenvalue weighted by Crippen LogP contribution is 2.19. The Bertz CT molecular complexity index is 255. The number of aliphatic imine (C=N–C) groups is 1. The van der Waals surface area contributed by atoms with Crippen LogP contribution in [0, 0.1) is 0 Å². The molecule has 1 N–H and O–H groups in total. The average Bonchev–Trinajstić information content (AvgIpc) is 2.17. The SMILES string of the molecule is C/C=C1\CCCN2NCC(C)N=C12. The highest BCUT2D eigenvalue weighted by atomic mass is 15.5. The Morgan fingerprint density at radius 1 is 1.62 bits per heavy atom. The standard InChI is InChI=1S/C10H17N3/c1-3-9-5-4-6-13-10(9)12-8(2)7-11-13/h3,8,11H,4-7H2,1-2H3/b9-3+. The molecule has 3 heteroatoms. The highest BCUT2D eigenvalue weighted by molar-refractivity contribution is 5.99. The zero-order valence-electron chi connectivity index (χ0n) is 8.38. The number of nitrogens with one attached hydrogen (secondary N) is 1. The summed E-state index contributed by atoms with van der Waals surface area (Å²) in [5, 5.41) is 2.19. The molecule has 72 valence electrons. The van der Waals surface area contributed by atoms with Crippen LogP contribution in [0.5, 0.6) is 0 Å². The summed E-state index contributed by atoms with van der Waals surface area (Å²) in [5.41, 5.74) is 4.79. The molecule has 0 radical (unpaired) electrons. The van der Waals surface area contributed by atoms with Gasteiger partial charge in [-0.05, 0) is 32.3 Å². The molecular weight excluding hydrogens is 162 g/mol. The van der Waals surface area contributed by atoms with Crippen molar-refractivity contribution in [1.82, 2.24) is 10.4 Å². The van der Waals surface area contributed by atoms with Crippen LogP contribution in [-0.4, -0.2) is 30.0 Å². The monoisotopic (exact) mass is 179 g/mol. The minimum Gasteiger partial charge on any atom is -0.292 e. The summed E-state index contributed by atoms with van der Waals surface area (Å²) in [6.45, 7) is 6.32. The fourth-order valence-electron chi connectivity index (χ4n) is 1.90. The number of hydrogen-bond donors (Lipinski definition) is 1. The van der Waals surface area contributed by atoms with Crippen molar-refractivity contribution in [2.75, 3.05) is 13.1 Å².